The second-order valence-electron chi connectivity index (χ2n) is 5.58. The predicted molar refractivity (Wildman–Crippen MR) is 72.1 cm³/mol. The van der Waals surface area contributed by atoms with Crippen LogP contribution in [0.4, 0.5) is 13.2 Å². The number of likely N-dealkylation sites (N-methyl/N-ethyl adjacent to an activating group) is 1. The van der Waals surface area contributed by atoms with Crippen molar-refractivity contribution in [2.45, 2.75) is 45.8 Å². The Morgan fingerprint density at radius 1 is 1.11 bits per heavy atom. The van der Waals surface area contributed by atoms with Crippen LogP contribution in [0.25, 0.3) is 0 Å². The van der Waals surface area contributed by atoms with E-state index in [2.05, 4.69) is 26.1 Å². The van der Waals surface area contributed by atoms with Gasteiger partial charge in [-0.15, -0.1) is 0 Å². The molecule has 0 saturated heterocycles. The van der Waals surface area contributed by atoms with Crippen molar-refractivity contribution in [1.29, 1.82) is 0 Å². The zero-order valence-electron chi connectivity index (χ0n) is 11.9. The summed E-state index contributed by atoms with van der Waals surface area (Å²) in [5.41, 5.74) is 0.443. The minimum Gasteiger partial charge on any atom is -0.316 e. The summed E-state index contributed by atoms with van der Waals surface area (Å²) < 4.78 is 37.4. The quantitative estimate of drug-likeness (QED) is 0.844. The van der Waals surface area contributed by atoms with Crippen molar-refractivity contribution >= 4 is 0 Å². The van der Waals surface area contributed by atoms with Crippen molar-refractivity contribution < 1.29 is 13.2 Å². The molecule has 1 N–H and O–H groups in total. The maximum atomic E-state index is 12.5. The maximum Gasteiger partial charge on any atom is 0.416 e. The van der Waals surface area contributed by atoms with Crippen molar-refractivity contribution in [3.05, 3.63) is 35.4 Å². The fraction of sp³-hybridized carbons (Fsp3) is 0.600. The third-order valence-corrected chi connectivity index (χ3v) is 3.92. The number of rotatable bonds is 5. The minimum atomic E-state index is -4.26. The third kappa shape index (κ3) is 4.23. The van der Waals surface area contributed by atoms with Crippen LogP contribution >= 0.6 is 0 Å². The van der Waals surface area contributed by atoms with E-state index in [0.29, 0.717) is 0 Å². The van der Waals surface area contributed by atoms with Gasteiger partial charge in [0.2, 0.25) is 0 Å². The highest BCUT2D eigenvalue weighted by atomic mass is 19.4. The molecule has 108 valence electrons. The van der Waals surface area contributed by atoms with Crippen LogP contribution in [0.5, 0.6) is 0 Å². The Hall–Kier alpha value is -1.03. The molecule has 0 aliphatic heterocycles. The second kappa shape index (κ2) is 5.95. The average Bonchev–Trinajstić information content (AvgIpc) is 2.35. The van der Waals surface area contributed by atoms with Gasteiger partial charge in [-0.25, -0.2) is 0 Å². The molecular formula is C15H22F3N. The summed E-state index contributed by atoms with van der Waals surface area (Å²) in [5.74, 6) is 0. The Kier molecular flexibility index (Phi) is 5.02. The zero-order chi connectivity index (χ0) is 14.7. The number of hydrogen-bond acceptors (Lipinski definition) is 1. The number of alkyl halides is 3. The van der Waals surface area contributed by atoms with Crippen molar-refractivity contribution in [3.63, 3.8) is 0 Å². The van der Waals surface area contributed by atoms with Gasteiger partial charge in [0.15, 0.2) is 0 Å². The first-order valence-electron chi connectivity index (χ1n) is 6.54. The Morgan fingerprint density at radius 2 is 1.63 bits per heavy atom. The lowest BCUT2D eigenvalue weighted by atomic mass is 9.79. The molecule has 0 saturated carbocycles. The molecular weight excluding hydrogens is 251 g/mol. The van der Waals surface area contributed by atoms with E-state index < -0.39 is 11.7 Å². The fourth-order valence-electron chi connectivity index (χ4n) is 2.08. The maximum absolute atomic E-state index is 12.5. The highest BCUT2D eigenvalue weighted by Crippen LogP contribution is 2.30. The number of benzene rings is 1. The Bertz CT molecular complexity index is 393. The smallest absolute Gasteiger partial charge is 0.316 e. The fourth-order valence-corrected chi connectivity index (χ4v) is 2.08. The van der Waals surface area contributed by atoms with Crippen LogP contribution in [0, 0.1) is 5.41 Å². The number of halogens is 3. The molecule has 0 bridgehead atoms. The summed E-state index contributed by atoms with van der Waals surface area (Å²) in [7, 11) is 1.90. The lowest BCUT2D eigenvalue weighted by Crippen LogP contribution is -2.41. The lowest BCUT2D eigenvalue weighted by Gasteiger charge is -2.33. The summed E-state index contributed by atoms with van der Waals surface area (Å²) in [4.78, 5) is 0. The van der Waals surface area contributed by atoms with E-state index in [1.165, 1.54) is 0 Å². The molecule has 0 aromatic heterocycles. The molecule has 0 amide bonds. The van der Waals surface area contributed by atoms with E-state index in [4.69, 9.17) is 0 Å². The second-order valence-corrected chi connectivity index (χ2v) is 5.58. The molecule has 0 fully saturated rings. The Labute approximate surface area is 113 Å². The van der Waals surface area contributed by atoms with Crippen LogP contribution in [-0.4, -0.2) is 13.1 Å². The largest absolute Gasteiger partial charge is 0.416 e. The van der Waals surface area contributed by atoms with E-state index in [-0.39, 0.29) is 11.5 Å². The van der Waals surface area contributed by atoms with Gasteiger partial charge in [-0.1, -0.05) is 32.9 Å². The van der Waals surface area contributed by atoms with Crippen LogP contribution in [0.3, 0.4) is 0 Å². The van der Waals surface area contributed by atoms with Gasteiger partial charge in [-0.3, -0.25) is 0 Å². The van der Waals surface area contributed by atoms with Gasteiger partial charge in [0.25, 0.3) is 0 Å². The molecule has 0 heterocycles. The van der Waals surface area contributed by atoms with Gasteiger partial charge in [0.05, 0.1) is 5.56 Å². The van der Waals surface area contributed by atoms with E-state index in [0.717, 1.165) is 30.5 Å². The third-order valence-electron chi connectivity index (χ3n) is 3.92. The Morgan fingerprint density at radius 3 is 2.00 bits per heavy atom. The molecule has 0 radical (unpaired) electrons. The molecule has 1 unspecified atom stereocenters. The monoisotopic (exact) mass is 273 g/mol. The summed E-state index contributed by atoms with van der Waals surface area (Å²) in [6, 6.07) is 5.69. The molecule has 1 rings (SSSR count). The predicted octanol–water partition coefficient (Wildman–Crippen LogP) is 4.27. The summed E-state index contributed by atoms with van der Waals surface area (Å²) in [6.07, 6.45) is -2.52. The van der Waals surface area contributed by atoms with Crippen LogP contribution in [0.1, 0.15) is 38.3 Å². The molecule has 19 heavy (non-hydrogen) atoms. The van der Waals surface area contributed by atoms with Crippen molar-refractivity contribution in [1.82, 2.24) is 5.32 Å². The molecule has 1 nitrogen and oxygen atoms in total. The molecule has 0 aliphatic carbocycles. The number of hydrogen-bond donors (Lipinski definition) is 1. The summed E-state index contributed by atoms with van der Waals surface area (Å²) in [5, 5.41) is 3.26. The first-order chi connectivity index (χ1) is 8.70. The van der Waals surface area contributed by atoms with Gasteiger partial charge in [-0.2, -0.15) is 13.2 Å². The SMILES string of the molecule is CCC(C)(C)C(Cc1ccc(C(F)(F)F)cc1)NC. The van der Waals surface area contributed by atoms with Crippen LogP contribution in [0.2, 0.25) is 0 Å². The number of nitrogens with one attached hydrogen (secondary N) is 1. The molecule has 0 aliphatic rings. The normalized spacial score (nSPS) is 14.5. The molecule has 1 aromatic carbocycles. The van der Waals surface area contributed by atoms with Crippen LogP contribution in [0.15, 0.2) is 24.3 Å². The van der Waals surface area contributed by atoms with Gasteiger partial charge >= 0.3 is 6.18 Å². The van der Waals surface area contributed by atoms with Crippen molar-refractivity contribution in [2.24, 2.45) is 5.41 Å². The average molecular weight is 273 g/mol. The molecule has 1 aromatic rings. The van der Waals surface area contributed by atoms with E-state index >= 15 is 0 Å². The standard InChI is InChI=1S/C15H22F3N/c1-5-14(2,3)13(19-4)10-11-6-8-12(9-7-11)15(16,17)18/h6-9,13,19H,5,10H2,1-4H3. The van der Waals surface area contributed by atoms with Gasteiger partial charge in [0, 0.05) is 6.04 Å². The van der Waals surface area contributed by atoms with Crippen LogP contribution in [-0.2, 0) is 12.6 Å². The molecule has 0 spiro atoms. The first kappa shape index (κ1) is 16.0. The zero-order valence-corrected chi connectivity index (χ0v) is 11.9. The van der Waals surface area contributed by atoms with Crippen molar-refractivity contribution in [3.8, 4) is 0 Å². The topological polar surface area (TPSA) is 12.0 Å². The molecule has 4 heteroatoms. The van der Waals surface area contributed by atoms with Gasteiger partial charge < -0.3 is 5.32 Å². The van der Waals surface area contributed by atoms with E-state index in [1.807, 2.05) is 7.05 Å². The minimum absolute atomic E-state index is 0.109. The first-order valence-corrected chi connectivity index (χ1v) is 6.54. The van der Waals surface area contributed by atoms with E-state index in [1.54, 1.807) is 12.1 Å². The van der Waals surface area contributed by atoms with Crippen LogP contribution < -0.4 is 5.32 Å². The van der Waals surface area contributed by atoms with Crippen molar-refractivity contribution in [2.75, 3.05) is 7.05 Å². The summed E-state index contributed by atoms with van der Waals surface area (Å²) in [6.45, 7) is 6.45. The highest BCUT2D eigenvalue weighted by Gasteiger charge is 2.30. The van der Waals surface area contributed by atoms with Gasteiger partial charge in [-0.05, 0) is 43.0 Å². The lowest BCUT2D eigenvalue weighted by molar-refractivity contribution is -0.137. The van der Waals surface area contributed by atoms with E-state index in [9.17, 15) is 13.2 Å². The summed E-state index contributed by atoms with van der Waals surface area (Å²) >= 11 is 0. The molecule has 1 atom stereocenters. The Balaban J connectivity index is 2.82. The van der Waals surface area contributed by atoms with Gasteiger partial charge in [0.1, 0.15) is 0 Å². The highest BCUT2D eigenvalue weighted by molar-refractivity contribution is 5.25.